The second-order valence-electron chi connectivity index (χ2n) is 6.18. The van der Waals surface area contributed by atoms with E-state index in [9.17, 15) is 18.8 Å². The molecule has 0 heterocycles. The number of primary amides is 1. The monoisotopic (exact) mass is 337 g/mol. The Hall–Kier alpha value is -2.44. The summed E-state index contributed by atoms with van der Waals surface area (Å²) in [6.07, 6.45) is 0.504. The third kappa shape index (κ3) is 6.76. The minimum Gasteiger partial charge on any atom is -0.368 e. The zero-order valence-electron chi connectivity index (χ0n) is 14.1. The highest BCUT2D eigenvalue weighted by Gasteiger charge is 2.25. The first kappa shape index (κ1) is 19.6. The van der Waals surface area contributed by atoms with Gasteiger partial charge in [-0.15, -0.1) is 0 Å². The molecule has 24 heavy (non-hydrogen) atoms. The van der Waals surface area contributed by atoms with Crippen LogP contribution in [0.1, 0.15) is 32.8 Å². The maximum atomic E-state index is 13.3. The largest absolute Gasteiger partial charge is 0.368 e. The Morgan fingerprint density at radius 3 is 2.33 bits per heavy atom. The molecule has 6 nitrogen and oxygen atoms in total. The van der Waals surface area contributed by atoms with Crippen LogP contribution in [0, 0.1) is 11.7 Å². The Kier molecular flexibility index (Phi) is 7.35. The number of benzene rings is 1. The van der Waals surface area contributed by atoms with Crippen molar-refractivity contribution in [1.29, 1.82) is 0 Å². The molecule has 1 aromatic rings. The summed E-state index contributed by atoms with van der Waals surface area (Å²) in [6, 6.07) is 4.04. The van der Waals surface area contributed by atoms with E-state index >= 15 is 0 Å². The summed E-state index contributed by atoms with van der Waals surface area (Å²) < 4.78 is 13.3. The number of halogens is 1. The first-order chi connectivity index (χ1) is 11.2. The molecule has 1 rings (SSSR count). The molecule has 132 valence electrons. The van der Waals surface area contributed by atoms with Crippen LogP contribution in [0.4, 0.5) is 4.39 Å². The number of carbonyl (C=O) groups is 3. The van der Waals surface area contributed by atoms with Crippen LogP contribution < -0.4 is 16.4 Å². The van der Waals surface area contributed by atoms with Crippen LogP contribution in [0.5, 0.6) is 0 Å². The number of nitrogens with one attached hydrogen (secondary N) is 2. The third-order valence-electron chi connectivity index (χ3n) is 3.39. The molecular formula is C17H24FN3O3. The van der Waals surface area contributed by atoms with Gasteiger partial charge in [0.15, 0.2) is 0 Å². The summed E-state index contributed by atoms with van der Waals surface area (Å²) in [5, 5.41) is 5.09. The lowest BCUT2D eigenvalue weighted by Crippen LogP contribution is -2.53. The maximum absolute atomic E-state index is 13.3. The van der Waals surface area contributed by atoms with Gasteiger partial charge in [-0.3, -0.25) is 14.4 Å². The van der Waals surface area contributed by atoms with Gasteiger partial charge in [-0.05, 0) is 30.0 Å². The van der Waals surface area contributed by atoms with Crippen LogP contribution in [-0.4, -0.2) is 29.8 Å². The van der Waals surface area contributed by atoms with Crippen LogP contribution in [0.25, 0.3) is 0 Å². The van der Waals surface area contributed by atoms with E-state index in [1.807, 2.05) is 13.8 Å². The van der Waals surface area contributed by atoms with Crippen LogP contribution >= 0.6 is 0 Å². The van der Waals surface area contributed by atoms with Crippen LogP contribution in [0.3, 0.4) is 0 Å². The Labute approximate surface area is 141 Å². The molecule has 0 saturated heterocycles. The molecular weight excluding hydrogens is 313 g/mol. The lowest BCUT2D eigenvalue weighted by molar-refractivity contribution is -0.131. The highest BCUT2D eigenvalue weighted by Crippen LogP contribution is 2.09. The van der Waals surface area contributed by atoms with Gasteiger partial charge in [0.25, 0.3) is 0 Å². The number of amides is 3. The number of rotatable bonds is 8. The topological polar surface area (TPSA) is 101 Å². The molecule has 0 fully saturated rings. The van der Waals surface area contributed by atoms with Gasteiger partial charge >= 0.3 is 0 Å². The summed E-state index contributed by atoms with van der Waals surface area (Å²) in [7, 11) is 0. The lowest BCUT2D eigenvalue weighted by atomic mass is 10.0. The predicted octanol–water partition coefficient (Wildman–Crippen LogP) is 0.889. The van der Waals surface area contributed by atoms with Crippen molar-refractivity contribution in [3.8, 4) is 0 Å². The average molecular weight is 337 g/mol. The van der Waals surface area contributed by atoms with Gasteiger partial charge in [0.05, 0.1) is 0 Å². The fraction of sp³-hybridized carbons (Fsp3) is 0.471. The Morgan fingerprint density at radius 1 is 1.17 bits per heavy atom. The van der Waals surface area contributed by atoms with Gasteiger partial charge in [0, 0.05) is 13.3 Å². The summed E-state index contributed by atoms with van der Waals surface area (Å²) in [4.78, 5) is 35.3. The van der Waals surface area contributed by atoms with E-state index in [0.717, 1.165) is 0 Å². The summed E-state index contributed by atoms with van der Waals surface area (Å²) >= 11 is 0. The third-order valence-corrected chi connectivity index (χ3v) is 3.39. The van der Waals surface area contributed by atoms with E-state index < -0.39 is 35.6 Å². The van der Waals surface area contributed by atoms with Crippen LogP contribution in [0.15, 0.2) is 24.3 Å². The molecule has 0 radical (unpaired) electrons. The average Bonchev–Trinajstić information content (AvgIpc) is 2.44. The molecule has 3 amide bonds. The molecule has 0 aliphatic rings. The van der Waals surface area contributed by atoms with E-state index in [0.29, 0.717) is 12.0 Å². The molecule has 0 unspecified atom stereocenters. The fourth-order valence-corrected chi connectivity index (χ4v) is 2.34. The minimum absolute atomic E-state index is 0.107. The van der Waals surface area contributed by atoms with Crippen molar-refractivity contribution in [2.75, 3.05) is 0 Å². The smallest absolute Gasteiger partial charge is 0.243 e. The molecule has 2 atom stereocenters. The first-order valence-corrected chi connectivity index (χ1v) is 7.80. The summed E-state index contributed by atoms with van der Waals surface area (Å²) in [6.45, 7) is 5.09. The molecule has 0 aliphatic carbocycles. The normalized spacial score (nSPS) is 13.2. The minimum atomic E-state index is -0.918. The van der Waals surface area contributed by atoms with Gasteiger partial charge in [-0.1, -0.05) is 26.0 Å². The summed E-state index contributed by atoms with van der Waals surface area (Å²) in [5.41, 5.74) is 5.88. The number of carbonyl (C=O) groups excluding carboxylic acids is 3. The fourth-order valence-electron chi connectivity index (χ4n) is 2.34. The van der Waals surface area contributed by atoms with Crippen molar-refractivity contribution in [1.82, 2.24) is 10.6 Å². The zero-order valence-corrected chi connectivity index (χ0v) is 14.1. The lowest BCUT2D eigenvalue weighted by Gasteiger charge is -2.22. The molecule has 7 heteroatoms. The maximum Gasteiger partial charge on any atom is 0.243 e. The highest BCUT2D eigenvalue weighted by atomic mass is 19.1. The van der Waals surface area contributed by atoms with Gasteiger partial charge in [-0.25, -0.2) is 4.39 Å². The van der Waals surface area contributed by atoms with Crippen LogP contribution in [-0.2, 0) is 20.8 Å². The van der Waals surface area contributed by atoms with Crippen molar-refractivity contribution in [3.63, 3.8) is 0 Å². The Balaban J connectivity index is 2.87. The van der Waals surface area contributed by atoms with Gasteiger partial charge in [0.1, 0.15) is 17.9 Å². The summed E-state index contributed by atoms with van der Waals surface area (Å²) in [5.74, 6) is -1.83. The molecule has 0 spiro atoms. The van der Waals surface area contributed by atoms with E-state index in [2.05, 4.69) is 10.6 Å². The number of nitrogens with two attached hydrogens (primary N) is 1. The predicted molar refractivity (Wildman–Crippen MR) is 88.3 cm³/mol. The molecule has 0 aromatic heterocycles. The van der Waals surface area contributed by atoms with Gasteiger partial charge < -0.3 is 16.4 Å². The van der Waals surface area contributed by atoms with E-state index in [-0.39, 0.29) is 12.3 Å². The SMILES string of the molecule is CC(=O)N[C@@H](Cc1cccc(F)c1)C(=O)N[C@H](CC(C)C)C(N)=O. The van der Waals surface area contributed by atoms with E-state index in [4.69, 9.17) is 5.73 Å². The zero-order chi connectivity index (χ0) is 18.3. The van der Waals surface area contributed by atoms with Crippen molar-refractivity contribution in [3.05, 3.63) is 35.6 Å². The second-order valence-corrected chi connectivity index (χ2v) is 6.18. The quantitative estimate of drug-likeness (QED) is 0.656. The highest BCUT2D eigenvalue weighted by molar-refractivity contribution is 5.91. The Bertz CT molecular complexity index is 604. The van der Waals surface area contributed by atoms with E-state index in [1.165, 1.54) is 25.1 Å². The van der Waals surface area contributed by atoms with Crippen LogP contribution in [0.2, 0.25) is 0 Å². The van der Waals surface area contributed by atoms with Gasteiger partial charge in [-0.2, -0.15) is 0 Å². The number of hydrogen-bond donors (Lipinski definition) is 3. The molecule has 4 N–H and O–H groups in total. The molecule has 0 saturated carbocycles. The second kappa shape index (κ2) is 9.00. The van der Waals surface area contributed by atoms with Crippen molar-refractivity contribution in [2.45, 2.75) is 45.7 Å². The number of hydrogen-bond acceptors (Lipinski definition) is 3. The van der Waals surface area contributed by atoms with Crippen molar-refractivity contribution < 1.29 is 18.8 Å². The molecule has 0 aliphatic heterocycles. The van der Waals surface area contributed by atoms with Crippen molar-refractivity contribution >= 4 is 17.7 Å². The molecule has 0 bridgehead atoms. The molecule has 1 aromatic carbocycles. The standard InChI is InChI=1S/C17H24FN3O3/c1-10(2)7-14(16(19)23)21-17(24)15(20-11(3)22)9-12-5-4-6-13(18)8-12/h4-6,8,10,14-15H,7,9H2,1-3H3,(H2,19,23)(H,20,22)(H,21,24)/t14-,15+/m1/s1. The van der Waals surface area contributed by atoms with Gasteiger partial charge in [0.2, 0.25) is 17.7 Å². The Morgan fingerprint density at radius 2 is 1.83 bits per heavy atom. The van der Waals surface area contributed by atoms with E-state index in [1.54, 1.807) is 6.07 Å². The van der Waals surface area contributed by atoms with Crippen molar-refractivity contribution in [2.24, 2.45) is 11.7 Å². The first-order valence-electron chi connectivity index (χ1n) is 7.80.